The number of H-pyrrole nitrogens is 2. The summed E-state index contributed by atoms with van der Waals surface area (Å²) in [6.07, 6.45) is 0. The fraction of sp³-hybridized carbons (Fsp3) is 0.0909. The lowest BCUT2D eigenvalue weighted by Crippen LogP contribution is -2.14. The smallest absolute Gasteiger partial charge is 0.206 e. The van der Waals surface area contributed by atoms with Crippen molar-refractivity contribution < 1.29 is 9.47 Å². The van der Waals surface area contributed by atoms with Crippen molar-refractivity contribution >= 4 is 35.2 Å². The summed E-state index contributed by atoms with van der Waals surface area (Å²) in [6, 6.07) is 20.5. The van der Waals surface area contributed by atoms with Crippen molar-refractivity contribution in [1.82, 2.24) is 9.97 Å². The van der Waals surface area contributed by atoms with Gasteiger partial charge in [0.1, 0.15) is 16.1 Å². The molecule has 2 N–H and O–H groups in total. The van der Waals surface area contributed by atoms with E-state index >= 15 is 0 Å². The van der Waals surface area contributed by atoms with Gasteiger partial charge in [0.05, 0.1) is 12.7 Å². The first-order valence-electron chi connectivity index (χ1n) is 8.85. The molecule has 4 aromatic rings. The van der Waals surface area contributed by atoms with E-state index in [-0.39, 0.29) is 5.92 Å². The van der Waals surface area contributed by atoms with Crippen molar-refractivity contribution in [3.63, 3.8) is 0 Å². The minimum absolute atomic E-state index is 0.0788. The third-order valence-electron chi connectivity index (χ3n) is 5.11. The first-order valence-corrected chi connectivity index (χ1v) is 9.67. The van der Waals surface area contributed by atoms with Gasteiger partial charge < -0.3 is 19.4 Å². The molecular formula is C22H16N2O2S2. The van der Waals surface area contributed by atoms with Crippen molar-refractivity contribution in [3.8, 4) is 17.4 Å². The number of rotatable bonds is 2. The Kier molecular flexibility index (Phi) is 4.03. The summed E-state index contributed by atoms with van der Waals surface area (Å²) >= 11 is 10.9. The van der Waals surface area contributed by atoms with Gasteiger partial charge in [-0.2, -0.15) is 0 Å². The predicted molar refractivity (Wildman–Crippen MR) is 115 cm³/mol. The van der Waals surface area contributed by atoms with Crippen LogP contribution in [0.5, 0.6) is 17.4 Å². The van der Waals surface area contributed by atoms with Crippen molar-refractivity contribution in [2.24, 2.45) is 0 Å². The van der Waals surface area contributed by atoms with Crippen molar-refractivity contribution in [3.05, 3.63) is 86.8 Å². The van der Waals surface area contributed by atoms with Crippen LogP contribution in [0.4, 0.5) is 0 Å². The number of fused-ring (bicyclic) bond motifs is 4. The molecule has 0 saturated carbocycles. The van der Waals surface area contributed by atoms with E-state index in [9.17, 15) is 0 Å². The molecule has 0 aliphatic carbocycles. The molecule has 0 radical (unpaired) electrons. The molecule has 1 atom stereocenters. The lowest BCUT2D eigenvalue weighted by molar-refractivity contribution is 0.414. The number of ether oxygens (including phenoxy) is 2. The molecule has 0 spiro atoms. The molecule has 1 aliphatic heterocycles. The SMILES string of the molecule is COc1ccc(C2c3ccc4ccccc4c3Oc3[nH]c(=S)[nH]c(=S)c32)cc1. The summed E-state index contributed by atoms with van der Waals surface area (Å²) in [7, 11) is 1.66. The Hall–Kier alpha value is -2.96. The molecule has 1 aromatic heterocycles. The molecule has 4 nitrogen and oxygen atoms in total. The van der Waals surface area contributed by atoms with E-state index in [1.807, 2.05) is 24.3 Å². The van der Waals surface area contributed by atoms with Gasteiger partial charge in [-0.05, 0) is 35.3 Å². The Labute approximate surface area is 171 Å². The Balaban J connectivity index is 1.83. The molecule has 1 unspecified atom stereocenters. The normalized spacial score (nSPS) is 14.8. The number of hydrogen-bond donors (Lipinski definition) is 2. The van der Waals surface area contributed by atoms with Gasteiger partial charge in [-0.25, -0.2) is 0 Å². The van der Waals surface area contributed by atoms with E-state index < -0.39 is 0 Å². The van der Waals surface area contributed by atoms with Crippen LogP contribution in [0.2, 0.25) is 0 Å². The molecule has 0 bridgehead atoms. The summed E-state index contributed by atoms with van der Waals surface area (Å²) in [6.45, 7) is 0. The van der Waals surface area contributed by atoms with E-state index in [1.165, 1.54) is 0 Å². The van der Waals surface area contributed by atoms with E-state index in [4.69, 9.17) is 33.9 Å². The summed E-state index contributed by atoms with van der Waals surface area (Å²) in [4.78, 5) is 6.20. The van der Waals surface area contributed by atoms with Gasteiger partial charge >= 0.3 is 0 Å². The van der Waals surface area contributed by atoms with Crippen LogP contribution in [0.25, 0.3) is 10.8 Å². The van der Waals surface area contributed by atoms with E-state index in [2.05, 4.69) is 46.4 Å². The van der Waals surface area contributed by atoms with E-state index in [0.29, 0.717) is 15.3 Å². The second-order valence-electron chi connectivity index (χ2n) is 6.66. The monoisotopic (exact) mass is 404 g/mol. The van der Waals surface area contributed by atoms with Gasteiger partial charge in [-0.3, -0.25) is 0 Å². The Morgan fingerprint density at radius 3 is 2.50 bits per heavy atom. The average molecular weight is 405 g/mol. The third-order valence-corrected chi connectivity index (χ3v) is 5.63. The first-order chi connectivity index (χ1) is 13.7. The highest BCUT2D eigenvalue weighted by Crippen LogP contribution is 2.49. The maximum absolute atomic E-state index is 6.32. The van der Waals surface area contributed by atoms with Gasteiger partial charge in [-0.1, -0.05) is 60.7 Å². The van der Waals surface area contributed by atoms with Gasteiger partial charge in [0.25, 0.3) is 0 Å². The van der Waals surface area contributed by atoms with Crippen LogP contribution in [0.15, 0.2) is 60.7 Å². The molecule has 6 heteroatoms. The number of benzene rings is 3. The molecule has 0 fully saturated rings. The van der Waals surface area contributed by atoms with Crippen LogP contribution in [0, 0.1) is 9.41 Å². The minimum atomic E-state index is -0.0788. The quantitative estimate of drug-likeness (QED) is 0.342. The maximum Gasteiger partial charge on any atom is 0.206 e. The van der Waals surface area contributed by atoms with Crippen LogP contribution in [0.3, 0.4) is 0 Å². The molecule has 0 amide bonds. The lowest BCUT2D eigenvalue weighted by atomic mass is 9.83. The fourth-order valence-electron chi connectivity index (χ4n) is 3.82. The minimum Gasteiger partial charge on any atom is -0.497 e. The highest BCUT2D eigenvalue weighted by atomic mass is 32.1. The lowest BCUT2D eigenvalue weighted by Gasteiger charge is -2.29. The highest BCUT2D eigenvalue weighted by Gasteiger charge is 2.32. The number of aromatic nitrogens is 2. The molecule has 28 heavy (non-hydrogen) atoms. The van der Waals surface area contributed by atoms with Crippen LogP contribution >= 0.6 is 24.4 Å². The molecular weight excluding hydrogens is 388 g/mol. The Morgan fingerprint density at radius 2 is 1.71 bits per heavy atom. The molecule has 5 rings (SSSR count). The highest BCUT2D eigenvalue weighted by molar-refractivity contribution is 7.72. The summed E-state index contributed by atoms with van der Waals surface area (Å²) in [5, 5.41) is 2.18. The number of hydrogen-bond acceptors (Lipinski definition) is 4. The van der Waals surface area contributed by atoms with Crippen LogP contribution < -0.4 is 9.47 Å². The fourth-order valence-corrected chi connectivity index (χ4v) is 4.39. The second-order valence-corrected chi connectivity index (χ2v) is 7.48. The standard InChI is InChI=1S/C22H16N2O2S2/c1-25-14-9-6-13(7-10-14)17-16-11-8-12-4-2-3-5-15(12)19(16)26-20-18(17)21(27)24-22(28)23-20/h2-11,17H,1H3,(H2,23,24,27,28). The van der Waals surface area contributed by atoms with Gasteiger partial charge in [-0.15, -0.1) is 0 Å². The summed E-state index contributed by atoms with van der Waals surface area (Å²) < 4.78 is 12.7. The van der Waals surface area contributed by atoms with Crippen LogP contribution in [0.1, 0.15) is 22.6 Å². The average Bonchev–Trinajstić information content (AvgIpc) is 2.72. The number of methoxy groups -OCH3 is 1. The second kappa shape index (κ2) is 6.58. The van der Waals surface area contributed by atoms with Crippen LogP contribution in [-0.2, 0) is 0 Å². The topological polar surface area (TPSA) is 50.0 Å². The Bertz CT molecular complexity index is 1320. The summed E-state index contributed by atoms with van der Waals surface area (Å²) in [5.41, 5.74) is 3.06. The zero-order chi connectivity index (χ0) is 19.3. The predicted octanol–water partition coefficient (Wildman–Crippen LogP) is 6.25. The largest absolute Gasteiger partial charge is 0.497 e. The van der Waals surface area contributed by atoms with Crippen molar-refractivity contribution in [1.29, 1.82) is 0 Å². The molecule has 138 valence electrons. The zero-order valence-corrected chi connectivity index (χ0v) is 16.6. The number of aromatic amines is 2. The van der Waals surface area contributed by atoms with Gasteiger partial charge in [0, 0.05) is 16.9 Å². The van der Waals surface area contributed by atoms with Gasteiger partial charge in [0.15, 0.2) is 4.77 Å². The first kappa shape index (κ1) is 17.2. The van der Waals surface area contributed by atoms with Crippen molar-refractivity contribution in [2.75, 3.05) is 7.11 Å². The van der Waals surface area contributed by atoms with E-state index in [0.717, 1.165) is 39.0 Å². The molecule has 1 aliphatic rings. The maximum atomic E-state index is 6.32. The summed E-state index contributed by atoms with van der Waals surface area (Å²) in [5.74, 6) is 2.16. The Morgan fingerprint density at radius 1 is 0.929 bits per heavy atom. The third kappa shape index (κ3) is 2.65. The molecule has 0 saturated heterocycles. The van der Waals surface area contributed by atoms with Crippen LogP contribution in [-0.4, -0.2) is 17.1 Å². The molecule has 3 aromatic carbocycles. The van der Waals surface area contributed by atoms with Crippen molar-refractivity contribution in [2.45, 2.75) is 5.92 Å². The zero-order valence-electron chi connectivity index (χ0n) is 15.0. The van der Waals surface area contributed by atoms with E-state index in [1.54, 1.807) is 7.11 Å². The number of nitrogens with one attached hydrogen (secondary N) is 2. The van der Waals surface area contributed by atoms with Gasteiger partial charge in [0.2, 0.25) is 5.88 Å². The molecule has 2 heterocycles.